The number of rotatable bonds is 3. The molecule has 1 aliphatic rings. The lowest BCUT2D eigenvalue weighted by Crippen LogP contribution is -2.00. The summed E-state index contributed by atoms with van der Waals surface area (Å²) >= 11 is 13.9. The van der Waals surface area contributed by atoms with Gasteiger partial charge in [0.2, 0.25) is 0 Å². The summed E-state index contributed by atoms with van der Waals surface area (Å²) in [6.45, 7) is 0. The number of hydrogen-bond acceptors (Lipinski definition) is 2. The number of hydrogen-bond donors (Lipinski definition) is 1. The minimum absolute atomic E-state index is 0.486. The summed E-state index contributed by atoms with van der Waals surface area (Å²) in [4.78, 5) is 2.52. The third-order valence-electron chi connectivity index (χ3n) is 4.02. The van der Waals surface area contributed by atoms with E-state index in [2.05, 4.69) is 6.07 Å². The van der Waals surface area contributed by atoms with Crippen LogP contribution in [-0.2, 0) is 19.3 Å². The van der Waals surface area contributed by atoms with Crippen molar-refractivity contribution in [3.8, 4) is 0 Å². The fourth-order valence-electron chi connectivity index (χ4n) is 2.85. The molecule has 1 heterocycles. The Kier molecular flexibility index (Phi) is 4.90. The molecule has 0 saturated carbocycles. The van der Waals surface area contributed by atoms with Crippen molar-refractivity contribution in [2.45, 2.75) is 44.6 Å². The van der Waals surface area contributed by atoms with E-state index < -0.39 is 6.10 Å². The van der Waals surface area contributed by atoms with Gasteiger partial charge in [0.15, 0.2) is 0 Å². The predicted octanol–water partition coefficient (Wildman–Crippen LogP) is 5.60. The van der Waals surface area contributed by atoms with Crippen LogP contribution in [0.2, 0.25) is 10.0 Å². The Bertz CT molecular complexity index is 612. The van der Waals surface area contributed by atoms with E-state index in [1.54, 1.807) is 17.4 Å². The van der Waals surface area contributed by atoms with Gasteiger partial charge in [0.25, 0.3) is 0 Å². The van der Waals surface area contributed by atoms with Gasteiger partial charge in [-0.05, 0) is 55.0 Å². The van der Waals surface area contributed by atoms with Gasteiger partial charge in [0, 0.05) is 26.2 Å². The van der Waals surface area contributed by atoms with Crippen LogP contribution in [0, 0.1) is 0 Å². The van der Waals surface area contributed by atoms with Crippen LogP contribution in [0.15, 0.2) is 24.3 Å². The van der Waals surface area contributed by atoms with Crippen LogP contribution in [0.5, 0.6) is 0 Å². The Morgan fingerprint density at radius 1 is 1.10 bits per heavy atom. The Morgan fingerprint density at radius 3 is 2.71 bits per heavy atom. The lowest BCUT2D eigenvalue weighted by molar-refractivity contribution is 0.182. The molecule has 112 valence electrons. The number of thiophene rings is 1. The van der Waals surface area contributed by atoms with Gasteiger partial charge in [0.05, 0.1) is 6.10 Å². The molecule has 1 atom stereocenters. The van der Waals surface area contributed by atoms with Crippen molar-refractivity contribution in [3.63, 3.8) is 0 Å². The van der Waals surface area contributed by atoms with Gasteiger partial charge in [0.1, 0.15) is 0 Å². The summed E-state index contributed by atoms with van der Waals surface area (Å²) < 4.78 is 0. The van der Waals surface area contributed by atoms with E-state index in [0.717, 1.165) is 23.3 Å². The Hall–Kier alpha value is -0.540. The molecule has 0 spiro atoms. The maximum Gasteiger partial charge on any atom is 0.0922 e. The highest BCUT2D eigenvalue weighted by molar-refractivity contribution is 7.12. The van der Waals surface area contributed by atoms with Crippen molar-refractivity contribution >= 4 is 34.5 Å². The fourth-order valence-corrected chi connectivity index (χ4v) is 4.58. The van der Waals surface area contributed by atoms with Crippen LogP contribution in [-0.4, -0.2) is 5.11 Å². The molecule has 0 saturated heterocycles. The zero-order chi connectivity index (χ0) is 14.8. The van der Waals surface area contributed by atoms with Crippen LogP contribution < -0.4 is 0 Å². The summed E-state index contributed by atoms with van der Waals surface area (Å²) in [5.74, 6) is 0. The second kappa shape index (κ2) is 6.70. The molecule has 0 bridgehead atoms. The molecule has 3 rings (SSSR count). The largest absolute Gasteiger partial charge is 0.387 e. The van der Waals surface area contributed by atoms with Crippen LogP contribution in [0.3, 0.4) is 0 Å². The lowest BCUT2D eigenvalue weighted by Gasteiger charge is -2.10. The molecular weight excluding hydrogens is 323 g/mol. The molecule has 0 amide bonds. The second-order valence-electron chi connectivity index (χ2n) is 5.61. The van der Waals surface area contributed by atoms with Gasteiger partial charge in [-0.1, -0.05) is 35.7 Å². The first-order valence-corrected chi connectivity index (χ1v) is 8.94. The average Bonchev–Trinajstić information content (AvgIpc) is 2.73. The van der Waals surface area contributed by atoms with Gasteiger partial charge < -0.3 is 5.11 Å². The molecule has 1 unspecified atom stereocenters. The van der Waals surface area contributed by atoms with E-state index in [4.69, 9.17) is 23.2 Å². The summed E-state index contributed by atoms with van der Waals surface area (Å²) in [6.07, 6.45) is 6.22. The summed E-state index contributed by atoms with van der Waals surface area (Å²) in [6, 6.07) is 7.64. The van der Waals surface area contributed by atoms with Crippen LogP contribution >= 0.6 is 34.5 Å². The highest BCUT2D eigenvalue weighted by Gasteiger charge is 2.18. The Morgan fingerprint density at radius 2 is 1.90 bits per heavy atom. The first kappa shape index (κ1) is 15.4. The van der Waals surface area contributed by atoms with E-state index in [-0.39, 0.29) is 0 Å². The van der Waals surface area contributed by atoms with Crippen molar-refractivity contribution in [2.24, 2.45) is 0 Å². The zero-order valence-corrected chi connectivity index (χ0v) is 14.1. The maximum absolute atomic E-state index is 10.5. The molecule has 4 heteroatoms. The topological polar surface area (TPSA) is 20.2 Å². The van der Waals surface area contributed by atoms with E-state index in [1.807, 2.05) is 12.1 Å². The molecule has 1 N–H and O–H groups in total. The van der Waals surface area contributed by atoms with Crippen molar-refractivity contribution in [2.75, 3.05) is 0 Å². The highest BCUT2D eigenvalue weighted by Crippen LogP contribution is 2.34. The smallest absolute Gasteiger partial charge is 0.0922 e. The van der Waals surface area contributed by atoms with Crippen molar-refractivity contribution in [1.29, 1.82) is 0 Å². The minimum atomic E-state index is -0.486. The zero-order valence-electron chi connectivity index (χ0n) is 11.7. The van der Waals surface area contributed by atoms with E-state index in [9.17, 15) is 5.11 Å². The van der Waals surface area contributed by atoms with E-state index in [1.165, 1.54) is 29.7 Å². The van der Waals surface area contributed by atoms with Crippen molar-refractivity contribution in [3.05, 3.63) is 55.2 Å². The molecule has 0 radical (unpaired) electrons. The molecule has 2 aromatic rings. The molecular formula is C17H18Cl2OS. The molecule has 0 fully saturated rings. The van der Waals surface area contributed by atoms with Crippen molar-refractivity contribution in [1.82, 2.24) is 0 Å². The molecule has 21 heavy (non-hydrogen) atoms. The number of aliphatic hydroxyl groups is 1. The fraction of sp³-hybridized carbons (Fsp3) is 0.412. The number of fused-ring (bicyclic) bond motifs is 1. The predicted molar refractivity (Wildman–Crippen MR) is 90.7 cm³/mol. The lowest BCUT2D eigenvalue weighted by atomic mass is 10.1. The minimum Gasteiger partial charge on any atom is -0.387 e. The van der Waals surface area contributed by atoms with Crippen molar-refractivity contribution < 1.29 is 5.11 Å². The van der Waals surface area contributed by atoms with Crippen LogP contribution in [0.1, 0.15) is 46.2 Å². The summed E-state index contributed by atoms with van der Waals surface area (Å²) in [7, 11) is 0. The highest BCUT2D eigenvalue weighted by atomic mass is 35.5. The molecule has 1 aliphatic carbocycles. The SMILES string of the molecule is OC(Cc1ccc(Cl)cc1Cl)c1cc2c(s1)CCCCC2. The van der Waals surface area contributed by atoms with Crippen LogP contribution in [0.4, 0.5) is 0 Å². The maximum atomic E-state index is 10.5. The first-order chi connectivity index (χ1) is 10.1. The quantitative estimate of drug-likeness (QED) is 0.721. The number of benzene rings is 1. The molecule has 0 aliphatic heterocycles. The van der Waals surface area contributed by atoms with Gasteiger partial charge in [-0.2, -0.15) is 0 Å². The number of aliphatic hydroxyl groups excluding tert-OH is 1. The Balaban J connectivity index is 1.77. The summed E-state index contributed by atoms with van der Waals surface area (Å²) in [5.41, 5.74) is 2.38. The van der Waals surface area contributed by atoms with Gasteiger partial charge in [-0.25, -0.2) is 0 Å². The third kappa shape index (κ3) is 3.62. The normalized spacial score (nSPS) is 16.3. The van der Waals surface area contributed by atoms with E-state index in [0.29, 0.717) is 16.5 Å². The standard InChI is InChI=1S/C17H18Cl2OS/c18-13-7-6-11(14(19)10-13)8-15(20)17-9-12-4-2-1-3-5-16(12)21-17/h6-7,9-10,15,20H,1-5,8H2. The van der Waals surface area contributed by atoms with Crippen LogP contribution in [0.25, 0.3) is 0 Å². The van der Waals surface area contributed by atoms with Gasteiger partial charge >= 0.3 is 0 Å². The summed E-state index contributed by atoms with van der Waals surface area (Å²) in [5, 5.41) is 11.8. The Labute approximate surface area is 139 Å². The number of aryl methyl sites for hydroxylation is 2. The van der Waals surface area contributed by atoms with E-state index >= 15 is 0 Å². The number of halogens is 2. The van der Waals surface area contributed by atoms with Gasteiger partial charge in [-0.3, -0.25) is 0 Å². The third-order valence-corrected chi connectivity index (χ3v) is 5.95. The van der Waals surface area contributed by atoms with Gasteiger partial charge in [-0.15, -0.1) is 11.3 Å². The molecule has 1 aromatic heterocycles. The molecule has 1 nitrogen and oxygen atoms in total. The molecule has 1 aromatic carbocycles. The average molecular weight is 341 g/mol. The monoisotopic (exact) mass is 340 g/mol. The first-order valence-electron chi connectivity index (χ1n) is 7.37. The second-order valence-corrected chi connectivity index (χ2v) is 7.63.